The van der Waals surface area contributed by atoms with Crippen molar-refractivity contribution in [1.82, 2.24) is 4.90 Å². The highest BCUT2D eigenvalue weighted by Gasteiger charge is 2.32. The van der Waals surface area contributed by atoms with E-state index in [0.717, 1.165) is 31.5 Å². The molecule has 1 saturated heterocycles. The molecule has 1 unspecified atom stereocenters. The SMILES string of the molecule is CCCc1ccc(C(=O)CN2CCC(C(C)(C)C)C2)cc1. The number of nitrogens with zero attached hydrogens (tertiary/aromatic N) is 1. The van der Waals surface area contributed by atoms with Gasteiger partial charge in [-0.15, -0.1) is 0 Å². The van der Waals surface area contributed by atoms with E-state index in [9.17, 15) is 4.79 Å². The first-order chi connectivity index (χ1) is 9.90. The highest BCUT2D eigenvalue weighted by Crippen LogP contribution is 2.33. The van der Waals surface area contributed by atoms with Gasteiger partial charge in [-0.05, 0) is 36.3 Å². The van der Waals surface area contributed by atoms with Gasteiger partial charge in [-0.3, -0.25) is 9.69 Å². The van der Waals surface area contributed by atoms with Crippen molar-refractivity contribution in [3.8, 4) is 0 Å². The Kier molecular flexibility index (Phi) is 5.21. The third-order valence-corrected chi connectivity index (χ3v) is 4.68. The summed E-state index contributed by atoms with van der Waals surface area (Å²) in [5.41, 5.74) is 2.52. The van der Waals surface area contributed by atoms with E-state index in [0.29, 0.717) is 17.9 Å². The van der Waals surface area contributed by atoms with E-state index in [4.69, 9.17) is 0 Å². The smallest absolute Gasteiger partial charge is 0.176 e. The van der Waals surface area contributed by atoms with Gasteiger partial charge in [0.2, 0.25) is 0 Å². The van der Waals surface area contributed by atoms with Gasteiger partial charge in [-0.25, -0.2) is 0 Å². The molecule has 0 N–H and O–H groups in total. The fourth-order valence-electron chi connectivity index (χ4n) is 3.12. The molecule has 2 nitrogen and oxygen atoms in total. The molecule has 21 heavy (non-hydrogen) atoms. The predicted molar refractivity (Wildman–Crippen MR) is 88.8 cm³/mol. The van der Waals surface area contributed by atoms with Gasteiger partial charge in [0.1, 0.15) is 0 Å². The van der Waals surface area contributed by atoms with Gasteiger partial charge in [0, 0.05) is 12.1 Å². The van der Waals surface area contributed by atoms with Crippen LogP contribution in [0.15, 0.2) is 24.3 Å². The molecular formula is C19H29NO. The number of Topliss-reactive ketones (excluding diaryl/α,β-unsaturated/α-hetero) is 1. The van der Waals surface area contributed by atoms with Gasteiger partial charge in [0.05, 0.1) is 6.54 Å². The number of hydrogen-bond donors (Lipinski definition) is 0. The molecule has 0 aromatic heterocycles. The van der Waals surface area contributed by atoms with Crippen LogP contribution in [-0.4, -0.2) is 30.3 Å². The molecule has 1 aliphatic heterocycles. The predicted octanol–water partition coefficient (Wildman–Crippen LogP) is 4.19. The monoisotopic (exact) mass is 287 g/mol. The van der Waals surface area contributed by atoms with Crippen LogP contribution in [0.2, 0.25) is 0 Å². The molecule has 0 aliphatic carbocycles. The Balaban J connectivity index is 1.90. The summed E-state index contributed by atoms with van der Waals surface area (Å²) in [5.74, 6) is 0.963. The number of benzene rings is 1. The van der Waals surface area contributed by atoms with Crippen LogP contribution < -0.4 is 0 Å². The number of hydrogen-bond acceptors (Lipinski definition) is 2. The summed E-state index contributed by atoms with van der Waals surface area (Å²) in [6.07, 6.45) is 3.45. The molecule has 1 aromatic rings. The maximum atomic E-state index is 12.4. The van der Waals surface area contributed by atoms with E-state index < -0.39 is 0 Å². The average Bonchev–Trinajstić information content (AvgIpc) is 2.88. The van der Waals surface area contributed by atoms with E-state index in [1.54, 1.807) is 0 Å². The normalized spacial score (nSPS) is 19.9. The molecule has 116 valence electrons. The topological polar surface area (TPSA) is 20.3 Å². The molecule has 1 heterocycles. The summed E-state index contributed by atoms with van der Waals surface area (Å²) in [6, 6.07) is 8.17. The Hall–Kier alpha value is -1.15. The minimum absolute atomic E-state index is 0.257. The second-order valence-corrected chi connectivity index (χ2v) is 7.46. The largest absolute Gasteiger partial charge is 0.295 e. The standard InChI is InChI=1S/C19H29NO/c1-5-6-15-7-9-16(10-8-15)18(21)14-20-12-11-17(13-20)19(2,3)4/h7-10,17H,5-6,11-14H2,1-4H3. The second-order valence-electron chi connectivity index (χ2n) is 7.46. The third-order valence-electron chi connectivity index (χ3n) is 4.68. The van der Waals surface area contributed by atoms with Crippen molar-refractivity contribution in [2.45, 2.75) is 47.0 Å². The van der Waals surface area contributed by atoms with Crippen molar-refractivity contribution in [3.05, 3.63) is 35.4 Å². The van der Waals surface area contributed by atoms with Crippen molar-refractivity contribution in [2.24, 2.45) is 11.3 Å². The molecule has 1 aliphatic rings. The van der Waals surface area contributed by atoms with Gasteiger partial charge in [0.25, 0.3) is 0 Å². The zero-order valence-electron chi connectivity index (χ0n) is 14.0. The summed E-state index contributed by atoms with van der Waals surface area (Å²) < 4.78 is 0. The van der Waals surface area contributed by atoms with Crippen LogP contribution in [0.4, 0.5) is 0 Å². The number of carbonyl (C=O) groups excluding carboxylic acids is 1. The molecule has 0 amide bonds. The first-order valence-electron chi connectivity index (χ1n) is 8.24. The average molecular weight is 287 g/mol. The van der Waals surface area contributed by atoms with E-state index in [1.165, 1.54) is 12.0 Å². The van der Waals surface area contributed by atoms with Crippen LogP contribution >= 0.6 is 0 Å². The van der Waals surface area contributed by atoms with Gasteiger partial charge in [-0.1, -0.05) is 58.4 Å². The maximum Gasteiger partial charge on any atom is 0.176 e. The van der Waals surface area contributed by atoms with Crippen molar-refractivity contribution in [1.29, 1.82) is 0 Å². The van der Waals surface area contributed by atoms with Crippen molar-refractivity contribution in [3.63, 3.8) is 0 Å². The molecule has 0 saturated carbocycles. The lowest BCUT2D eigenvalue weighted by Crippen LogP contribution is -2.30. The Morgan fingerprint density at radius 3 is 2.43 bits per heavy atom. The van der Waals surface area contributed by atoms with Gasteiger partial charge in [-0.2, -0.15) is 0 Å². The minimum atomic E-state index is 0.257. The molecule has 1 atom stereocenters. The molecule has 1 aromatic carbocycles. The number of likely N-dealkylation sites (tertiary alicyclic amines) is 1. The lowest BCUT2D eigenvalue weighted by Gasteiger charge is -2.27. The summed E-state index contributed by atoms with van der Waals surface area (Å²) in [6.45, 7) is 11.8. The quantitative estimate of drug-likeness (QED) is 0.757. The lowest BCUT2D eigenvalue weighted by atomic mass is 9.80. The minimum Gasteiger partial charge on any atom is -0.295 e. The van der Waals surface area contributed by atoms with E-state index in [-0.39, 0.29) is 5.78 Å². The second kappa shape index (κ2) is 6.74. The fourth-order valence-corrected chi connectivity index (χ4v) is 3.12. The lowest BCUT2D eigenvalue weighted by molar-refractivity contribution is 0.0938. The molecule has 1 fully saturated rings. The number of ketones is 1. The zero-order chi connectivity index (χ0) is 15.5. The van der Waals surface area contributed by atoms with Crippen LogP contribution in [-0.2, 0) is 6.42 Å². The number of carbonyl (C=O) groups is 1. The number of aryl methyl sites for hydroxylation is 1. The maximum absolute atomic E-state index is 12.4. The van der Waals surface area contributed by atoms with Crippen molar-refractivity contribution in [2.75, 3.05) is 19.6 Å². The van der Waals surface area contributed by atoms with Crippen LogP contribution in [0.1, 0.15) is 56.5 Å². The molecule has 0 bridgehead atoms. The zero-order valence-corrected chi connectivity index (χ0v) is 14.0. The molecule has 2 rings (SSSR count). The van der Waals surface area contributed by atoms with Crippen molar-refractivity contribution >= 4 is 5.78 Å². The van der Waals surface area contributed by atoms with Gasteiger partial charge < -0.3 is 0 Å². The molecule has 0 spiro atoms. The Bertz CT molecular complexity index is 469. The molecule has 0 radical (unpaired) electrons. The Morgan fingerprint density at radius 2 is 1.90 bits per heavy atom. The van der Waals surface area contributed by atoms with Gasteiger partial charge in [0.15, 0.2) is 5.78 Å². The Labute approximate surface area is 129 Å². The van der Waals surface area contributed by atoms with E-state index >= 15 is 0 Å². The van der Waals surface area contributed by atoms with Crippen LogP contribution in [0.25, 0.3) is 0 Å². The van der Waals surface area contributed by atoms with Gasteiger partial charge >= 0.3 is 0 Å². The van der Waals surface area contributed by atoms with E-state index in [2.05, 4.69) is 44.7 Å². The molecule has 2 heteroatoms. The Morgan fingerprint density at radius 1 is 1.24 bits per heavy atom. The fraction of sp³-hybridized carbons (Fsp3) is 0.632. The first kappa shape index (κ1) is 16.2. The van der Waals surface area contributed by atoms with Crippen LogP contribution in [0.3, 0.4) is 0 Å². The first-order valence-corrected chi connectivity index (χ1v) is 8.24. The third kappa shape index (κ3) is 4.41. The van der Waals surface area contributed by atoms with Crippen LogP contribution in [0, 0.1) is 11.3 Å². The highest BCUT2D eigenvalue weighted by atomic mass is 16.1. The van der Waals surface area contributed by atoms with E-state index in [1.807, 2.05) is 12.1 Å². The number of rotatable bonds is 5. The highest BCUT2D eigenvalue weighted by molar-refractivity contribution is 5.97. The van der Waals surface area contributed by atoms with Crippen molar-refractivity contribution < 1.29 is 4.79 Å². The summed E-state index contributed by atoms with van der Waals surface area (Å²) in [4.78, 5) is 14.7. The summed E-state index contributed by atoms with van der Waals surface area (Å²) in [7, 11) is 0. The summed E-state index contributed by atoms with van der Waals surface area (Å²) in [5, 5.41) is 0. The summed E-state index contributed by atoms with van der Waals surface area (Å²) >= 11 is 0. The van der Waals surface area contributed by atoms with Crippen LogP contribution in [0.5, 0.6) is 0 Å². The molecular weight excluding hydrogens is 258 g/mol.